The molecule has 118 valence electrons. The smallest absolute Gasteiger partial charge is 0.0608 e. The zero-order valence-electron chi connectivity index (χ0n) is 13.4. The first kappa shape index (κ1) is 16.8. The topological polar surface area (TPSA) is 24.5 Å². The van der Waals surface area contributed by atoms with E-state index < -0.39 is 0 Å². The molecule has 1 aromatic carbocycles. The Hall–Kier alpha value is -0.580. The lowest BCUT2D eigenvalue weighted by atomic mass is 10.0. The van der Waals surface area contributed by atoms with Gasteiger partial charge in [-0.05, 0) is 66.9 Å². The normalized spacial score (nSPS) is 18.0. The summed E-state index contributed by atoms with van der Waals surface area (Å²) in [6.45, 7) is 10.4. The predicted molar refractivity (Wildman–Crippen MR) is 93.1 cm³/mol. The molecule has 1 saturated heterocycles. The Morgan fingerprint density at radius 1 is 1.33 bits per heavy atom. The van der Waals surface area contributed by atoms with Crippen LogP contribution in [0.5, 0.6) is 0 Å². The van der Waals surface area contributed by atoms with Crippen LogP contribution in [0.3, 0.4) is 0 Å². The largest absolute Gasteiger partial charge is 0.378 e. The van der Waals surface area contributed by atoms with E-state index in [4.69, 9.17) is 4.74 Å². The second-order valence-corrected chi connectivity index (χ2v) is 6.49. The minimum absolute atomic E-state index is 0.393. The number of halogens is 1. The van der Waals surface area contributed by atoms with Crippen molar-refractivity contribution in [3.8, 4) is 0 Å². The summed E-state index contributed by atoms with van der Waals surface area (Å²) < 4.78 is 6.92. The third-order valence-electron chi connectivity index (χ3n) is 4.17. The van der Waals surface area contributed by atoms with E-state index in [-0.39, 0.29) is 0 Å². The zero-order chi connectivity index (χ0) is 15.2. The molecular weight excluding hydrogens is 328 g/mol. The minimum Gasteiger partial charge on any atom is -0.378 e. The van der Waals surface area contributed by atoms with Crippen molar-refractivity contribution >= 4 is 21.6 Å². The van der Waals surface area contributed by atoms with Crippen LogP contribution < -0.4 is 10.2 Å². The van der Waals surface area contributed by atoms with Gasteiger partial charge in [-0.25, -0.2) is 0 Å². The van der Waals surface area contributed by atoms with Crippen molar-refractivity contribution < 1.29 is 4.74 Å². The summed E-state index contributed by atoms with van der Waals surface area (Å²) in [5.41, 5.74) is 2.63. The quantitative estimate of drug-likeness (QED) is 0.831. The molecule has 0 spiro atoms. The van der Waals surface area contributed by atoms with Crippen LogP contribution in [-0.4, -0.2) is 32.3 Å². The van der Waals surface area contributed by atoms with Gasteiger partial charge < -0.3 is 15.0 Å². The Morgan fingerprint density at radius 2 is 2.05 bits per heavy atom. The van der Waals surface area contributed by atoms with Crippen LogP contribution in [0.4, 0.5) is 5.69 Å². The zero-order valence-corrected chi connectivity index (χ0v) is 14.9. The molecule has 1 heterocycles. The van der Waals surface area contributed by atoms with Gasteiger partial charge in [0, 0.05) is 30.2 Å². The molecule has 3 nitrogen and oxygen atoms in total. The van der Waals surface area contributed by atoms with E-state index in [1.165, 1.54) is 15.7 Å². The van der Waals surface area contributed by atoms with Gasteiger partial charge in [0.1, 0.15) is 0 Å². The molecule has 0 radical (unpaired) electrons. The summed E-state index contributed by atoms with van der Waals surface area (Å²) in [5.74, 6) is 0. The lowest BCUT2D eigenvalue weighted by molar-refractivity contribution is 0.0459. The Labute approximate surface area is 137 Å². The van der Waals surface area contributed by atoms with Gasteiger partial charge in [0.05, 0.1) is 11.8 Å². The molecule has 0 amide bonds. The molecule has 1 unspecified atom stereocenters. The second-order valence-electron chi connectivity index (χ2n) is 5.63. The van der Waals surface area contributed by atoms with Gasteiger partial charge >= 0.3 is 0 Å². The Balaban J connectivity index is 2.01. The molecule has 4 heteroatoms. The van der Waals surface area contributed by atoms with E-state index >= 15 is 0 Å². The number of anilines is 1. The molecule has 21 heavy (non-hydrogen) atoms. The van der Waals surface area contributed by atoms with E-state index in [1.807, 2.05) is 0 Å². The molecule has 0 bridgehead atoms. The molecule has 2 rings (SSSR count). The number of benzene rings is 1. The summed E-state index contributed by atoms with van der Waals surface area (Å²) in [6, 6.07) is 7.12. The Kier molecular flexibility index (Phi) is 6.52. The maximum absolute atomic E-state index is 5.73. The average Bonchev–Trinajstić information content (AvgIpc) is 2.49. The molecule has 1 aromatic rings. The van der Waals surface area contributed by atoms with Gasteiger partial charge in [-0.2, -0.15) is 0 Å². The van der Waals surface area contributed by atoms with Gasteiger partial charge in [-0.3, -0.25) is 0 Å². The van der Waals surface area contributed by atoms with Crippen LogP contribution in [0.2, 0.25) is 0 Å². The maximum Gasteiger partial charge on any atom is 0.0608 e. The first-order valence-corrected chi connectivity index (χ1v) is 8.84. The van der Waals surface area contributed by atoms with E-state index in [9.17, 15) is 0 Å². The van der Waals surface area contributed by atoms with Gasteiger partial charge in [0.25, 0.3) is 0 Å². The van der Waals surface area contributed by atoms with Crippen LogP contribution >= 0.6 is 15.9 Å². The van der Waals surface area contributed by atoms with Crippen LogP contribution in [0.15, 0.2) is 22.7 Å². The molecule has 1 aliphatic rings. The number of rotatable bonds is 6. The number of nitrogens with zero attached hydrogens (tertiary/aromatic N) is 1. The molecule has 1 N–H and O–H groups in total. The Morgan fingerprint density at radius 3 is 2.62 bits per heavy atom. The van der Waals surface area contributed by atoms with Crippen LogP contribution in [0.25, 0.3) is 0 Å². The summed E-state index contributed by atoms with van der Waals surface area (Å²) in [6.07, 6.45) is 2.68. The fourth-order valence-corrected chi connectivity index (χ4v) is 3.62. The van der Waals surface area contributed by atoms with Gasteiger partial charge in [-0.1, -0.05) is 13.0 Å². The fraction of sp³-hybridized carbons (Fsp3) is 0.647. The van der Waals surface area contributed by atoms with E-state index in [0.29, 0.717) is 12.1 Å². The molecule has 1 fully saturated rings. The van der Waals surface area contributed by atoms with Crippen molar-refractivity contribution in [2.45, 2.75) is 45.8 Å². The third-order valence-corrected chi connectivity index (χ3v) is 4.80. The third kappa shape index (κ3) is 4.44. The van der Waals surface area contributed by atoms with E-state index in [1.54, 1.807) is 0 Å². The lowest BCUT2D eigenvalue weighted by Crippen LogP contribution is -2.37. The van der Waals surface area contributed by atoms with E-state index in [2.05, 4.69) is 65.1 Å². The van der Waals surface area contributed by atoms with Crippen molar-refractivity contribution in [2.75, 3.05) is 31.1 Å². The highest BCUT2D eigenvalue weighted by atomic mass is 79.9. The summed E-state index contributed by atoms with van der Waals surface area (Å²) in [7, 11) is 0. The number of ether oxygens (including phenoxy) is 1. The molecule has 0 aromatic heterocycles. The minimum atomic E-state index is 0.393. The highest BCUT2D eigenvalue weighted by molar-refractivity contribution is 9.10. The predicted octanol–water partition coefficient (Wildman–Crippen LogP) is 4.12. The van der Waals surface area contributed by atoms with Crippen LogP contribution in [0, 0.1) is 0 Å². The summed E-state index contributed by atoms with van der Waals surface area (Å²) in [4.78, 5) is 2.46. The average molecular weight is 355 g/mol. The molecule has 1 aliphatic heterocycles. The van der Waals surface area contributed by atoms with Gasteiger partial charge in [-0.15, -0.1) is 0 Å². The van der Waals surface area contributed by atoms with Crippen molar-refractivity contribution in [3.63, 3.8) is 0 Å². The summed E-state index contributed by atoms with van der Waals surface area (Å²) in [5, 5.41) is 3.46. The number of nitrogens with one attached hydrogen (secondary N) is 1. The molecular formula is C17H27BrN2O. The molecule has 0 aliphatic carbocycles. The first-order valence-electron chi connectivity index (χ1n) is 8.05. The van der Waals surface area contributed by atoms with Crippen LogP contribution in [0.1, 0.15) is 45.2 Å². The molecule has 1 atom stereocenters. The molecule has 0 saturated carbocycles. The van der Waals surface area contributed by atoms with Crippen molar-refractivity contribution in [2.24, 2.45) is 0 Å². The number of piperidine rings is 1. The van der Waals surface area contributed by atoms with Gasteiger partial charge in [0.2, 0.25) is 0 Å². The monoisotopic (exact) mass is 354 g/mol. The summed E-state index contributed by atoms with van der Waals surface area (Å²) >= 11 is 3.75. The van der Waals surface area contributed by atoms with Crippen molar-refractivity contribution in [1.29, 1.82) is 0 Å². The second kappa shape index (κ2) is 8.16. The maximum atomic E-state index is 5.73. The SMILES string of the molecule is CCNC(C)c1ccc(N2CCC(OCC)CC2)c(Br)c1. The highest BCUT2D eigenvalue weighted by Gasteiger charge is 2.21. The van der Waals surface area contributed by atoms with Crippen molar-refractivity contribution in [1.82, 2.24) is 5.32 Å². The van der Waals surface area contributed by atoms with Crippen LogP contribution in [-0.2, 0) is 4.74 Å². The fourth-order valence-electron chi connectivity index (χ4n) is 2.97. The lowest BCUT2D eigenvalue weighted by Gasteiger charge is -2.34. The number of hydrogen-bond acceptors (Lipinski definition) is 3. The highest BCUT2D eigenvalue weighted by Crippen LogP contribution is 2.31. The first-order chi connectivity index (χ1) is 10.2. The standard InChI is InChI=1S/C17H27BrN2O/c1-4-19-13(3)14-6-7-17(16(18)12-14)20-10-8-15(9-11-20)21-5-2/h6-7,12-13,15,19H,4-5,8-11H2,1-3H3. The number of hydrogen-bond donors (Lipinski definition) is 1. The van der Waals surface area contributed by atoms with Crippen molar-refractivity contribution in [3.05, 3.63) is 28.2 Å². The van der Waals surface area contributed by atoms with Gasteiger partial charge in [0.15, 0.2) is 0 Å². The van der Waals surface area contributed by atoms with E-state index in [0.717, 1.165) is 39.1 Å². The Bertz CT molecular complexity index is 444.